The van der Waals surface area contributed by atoms with Gasteiger partial charge in [-0.25, -0.2) is 0 Å². The summed E-state index contributed by atoms with van der Waals surface area (Å²) in [7, 11) is 0. The lowest BCUT2D eigenvalue weighted by Crippen LogP contribution is -2.45. The second-order valence-corrected chi connectivity index (χ2v) is 7.21. The largest absolute Gasteiger partial charge is 0.314 e. The lowest BCUT2D eigenvalue weighted by molar-refractivity contribution is 0.203. The number of nitrogens with one attached hydrogen (secondary N) is 1. The average molecular weight is 343 g/mol. The number of hydrogen-bond acceptors (Lipinski definition) is 4. The SMILES string of the molecule is Brc1csc([C@@H](c2cccs2)N2CCNCC2)c1. The molecule has 1 atom stereocenters. The fourth-order valence-corrected chi connectivity index (χ4v) is 4.91. The maximum atomic E-state index is 3.57. The lowest BCUT2D eigenvalue weighted by atomic mass is 10.1. The van der Waals surface area contributed by atoms with Crippen molar-refractivity contribution in [1.82, 2.24) is 10.2 Å². The van der Waals surface area contributed by atoms with E-state index in [-0.39, 0.29) is 0 Å². The Morgan fingerprint density at radius 3 is 2.67 bits per heavy atom. The van der Waals surface area contributed by atoms with Crippen LogP contribution in [0.2, 0.25) is 0 Å². The van der Waals surface area contributed by atoms with Gasteiger partial charge in [0.25, 0.3) is 0 Å². The van der Waals surface area contributed by atoms with Crippen LogP contribution in [0.25, 0.3) is 0 Å². The minimum absolute atomic E-state index is 0.434. The second-order valence-electron chi connectivity index (χ2n) is 4.37. The summed E-state index contributed by atoms with van der Waals surface area (Å²) in [5.74, 6) is 0. The molecule has 18 heavy (non-hydrogen) atoms. The van der Waals surface area contributed by atoms with Crippen molar-refractivity contribution in [1.29, 1.82) is 0 Å². The van der Waals surface area contributed by atoms with E-state index in [9.17, 15) is 0 Å². The van der Waals surface area contributed by atoms with Crippen molar-refractivity contribution in [2.45, 2.75) is 6.04 Å². The Labute approximate surface area is 124 Å². The quantitative estimate of drug-likeness (QED) is 0.917. The molecular weight excluding hydrogens is 328 g/mol. The van der Waals surface area contributed by atoms with Crippen LogP contribution in [0.3, 0.4) is 0 Å². The van der Waals surface area contributed by atoms with Crippen LogP contribution in [-0.2, 0) is 0 Å². The molecule has 0 bridgehead atoms. The van der Waals surface area contributed by atoms with Crippen LogP contribution in [0.4, 0.5) is 0 Å². The van der Waals surface area contributed by atoms with Crippen LogP contribution in [0.15, 0.2) is 33.4 Å². The summed E-state index contributed by atoms with van der Waals surface area (Å²) >= 11 is 7.28. The fraction of sp³-hybridized carbons (Fsp3) is 0.385. The first kappa shape index (κ1) is 12.8. The average Bonchev–Trinajstić information content (AvgIpc) is 3.04. The van der Waals surface area contributed by atoms with E-state index in [0.29, 0.717) is 6.04 Å². The van der Waals surface area contributed by atoms with Gasteiger partial charge in [0.15, 0.2) is 0 Å². The molecule has 2 aromatic heterocycles. The van der Waals surface area contributed by atoms with Gasteiger partial charge in [0, 0.05) is 45.8 Å². The number of halogens is 1. The Balaban J connectivity index is 1.92. The van der Waals surface area contributed by atoms with Crippen LogP contribution >= 0.6 is 38.6 Å². The molecule has 3 heterocycles. The molecule has 1 aliphatic heterocycles. The second kappa shape index (κ2) is 5.84. The number of piperazine rings is 1. The summed E-state index contributed by atoms with van der Waals surface area (Å²) in [6.07, 6.45) is 0. The van der Waals surface area contributed by atoms with Crippen molar-refractivity contribution >= 4 is 38.6 Å². The van der Waals surface area contributed by atoms with E-state index in [1.807, 2.05) is 22.7 Å². The maximum Gasteiger partial charge on any atom is 0.0791 e. The van der Waals surface area contributed by atoms with Gasteiger partial charge in [-0.05, 0) is 33.4 Å². The van der Waals surface area contributed by atoms with Crippen LogP contribution in [0.5, 0.6) is 0 Å². The molecule has 0 aliphatic carbocycles. The summed E-state index contributed by atoms with van der Waals surface area (Å²) in [4.78, 5) is 5.47. The molecule has 0 unspecified atom stereocenters. The molecule has 0 aromatic carbocycles. The van der Waals surface area contributed by atoms with E-state index < -0.39 is 0 Å². The zero-order chi connectivity index (χ0) is 12.4. The highest BCUT2D eigenvalue weighted by Crippen LogP contribution is 2.36. The predicted molar refractivity (Wildman–Crippen MR) is 82.6 cm³/mol. The summed E-state index contributed by atoms with van der Waals surface area (Å²) in [6, 6.07) is 7.10. The van der Waals surface area contributed by atoms with Crippen LogP contribution in [-0.4, -0.2) is 31.1 Å². The third-order valence-electron chi connectivity index (χ3n) is 3.19. The molecule has 0 spiro atoms. The number of hydrogen-bond donors (Lipinski definition) is 1. The topological polar surface area (TPSA) is 15.3 Å². The zero-order valence-electron chi connectivity index (χ0n) is 9.93. The lowest BCUT2D eigenvalue weighted by Gasteiger charge is -2.33. The minimum atomic E-state index is 0.434. The molecule has 96 valence electrons. The Morgan fingerprint density at radius 2 is 2.06 bits per heavy atom. The molecule has 1 fully saturated rings. The van der Waals surface area contributed by atoms with Gasteiger partial charge in [0.2, 0.25) is 0 Å². The zero-order valence-corrected chi connectivity index (χ0v) is 13.2. The molecule has 0 radical (unpaired) electrons. The number of thiophene rings is 2. The van der Waals surface area contributed by atoms with Gasteiger partial charge in [-0.1, -0.05) is 6.07 Å². The third kappa shape index (κ3) is 2.70. The van der Waals surface area contributed by atoms with Gasteiger partial charge in [-0.3, -0.25) is 4.90 Å². The molecule has 1 saturated heterocycles. The van der Waals surface area contributed by atoms with E-state index in [0.717, 1.165) is 26.2 Å². The van der Waals surface area contributed by atoms with Gasteiger partial charge in [0.05, 0.1) is 6.04 Å². The highest BCUT2D eigenvalue weighted by atomic mass is 79.9. The van der Waals surface area contributed by atoms with Gasteiger partial charge >= 0.3 is 0 Å². The molecule has 1 aliphatic rings. The van der Waals surface area contributed by atoms with Gasteiger partial charge < -0.3 is 5.32 Å². The van der Waals surface area contributed by atoms with E-state index in [1.54, 1.807) is 0 Å². The van der Waals surface area contributed by atoms with E-state index in [4.69, 9.17) is 0 Å². The summed E-state index contributed by atoms with van der Waals surface area (Å²) < 4.78 is 1.19. The number of nitrogens with zero attached hydrogens (tertiary/aromatic N) is 1. The molecule has 1 N–H and O–H groups in total. The Morgan fingerprint density at radius 1 is 1.22 bits per heavy atom. The summed E-state index contributed by atoms with van der Waals surface area (Å²) in [5.41, 5.74) is 0. The van der Waals surface area contributed by atoms with Crippen molar-refractivity contribution < 1.29 is 0 Å². The summed E-state index contributed by atoms with van der Waals surface area (Å²) in [5, 5.41) is 7.78. The monoisotopic (exact) mass is 342 g/mol. The van der Waals surface area contributed by atoms with Crippen molar-refractivity contribution in [2.75, 3.05) is 26.2 Å². The highest BCUT2D eigenvalue weighted by Gasteiger charge is 2.25. The minimum Gasteiger partial charge on any atom is -0.314 e. The van der Waals surface area contributed by atoms with Crippen LogP contribution in [0, 0.1) is 0 Å². The highest BCUT2D eigenvalue weighted by molar-refractivity contribution is 9.10. The van der Waals surface area contributed by atoms with Crippen molar-refractivity contribution in [3.63, 3.8) is 0 Å². The van der Waals surface area contributed by atoms with E-state index in [1.165, 1.54) is 14.2 Å². The molecular formula is C13H15BrN2S2. The Bertz CT molecular complexity index is 489. The molecule has 5 heteroatoms. The van der Waals surface area contributed by atoms with Crippen LogP contribution < -0.4 is 5.32 Å². The first-order valence-electron chi connectivity index (χ1n) is 6.07. The van der Waals surface area contributed by atoms with Crippen LogP contribution in [0.1, 0.15) is 15.8 Å². The molecule has 0 amide bonds. The smallest absolute Gasteiger partial charge is 0.0791 e. The fourth-order valence-electron chi connectivity index (χ4n) is 2.36. The van der Waals surface area contributed by atoms with E-state index in [2.05, 4.69) is 55.1 Å². The number of rotatable bonds is 3. The van der Waals surface area contributed by atoms with Gasteiger partial charge in [-0.15, -0.1) is 22.7 Å². The molecule has 0 saturated carbocycles. The van der Waals surface area contributed by atoms with Gasteiger partial charge in [-0.2, -0.15) is 0 Å². The molecule has 2 nitrogen and oxygen atoms in total. The van der Waals surface area contributed by atoms with Crippen molar-refractivity contribution in [3.8, 4) is 0 Å². The predicted octanol–water partition coefficient (Wildman–Crippen LogP) is 3.57. The standard InChI is InChI=1S/C13H15BrN2S2/c14-10-8-12(18-9-10)13(11-2-1-7-17-11)16-5-3-15-4-6-16/h1-2,7-9,13,15H,3-6H2/t13-/m1/s1. The summed E-state index contributed by atoms with van der Waals surface area (Å²) in [6.45, 7) is 4.43. The normalized spacial score (nSPS) is 18.9. The first-order chi connectivity index (χ1) is 8.84. The Hall–Kier alpha value is -0.200. The third-order valence-corrected chi connectivity index (χ3v) is 5.86. The Kier molecular flexibility index (Phi) is 4.16. The molecule has 3 rings (SSSR count). The van der Waals surface area contributed by atoms with Crippen molar-refractivity contribution in [3.05, 3.63) is 43.2 Å². The van der Waals surface area contributed by atoms with E-state index >= 15 is 0 Å². The molecule has 2 aromatic rings. The maximum absolute atomic E-state index is 3.57. The van der Waals surface area contributed by atoms with Crippen molar-refractivity contribution in [2.24, 2.45) is 0 Å². The van der Waals surface area contributed by atoms with Gasteiger partial charge in [0.1, 0.15) is 0 Å². The first-order valence-corrected chi connectivity index (χ1v) is 8.62.